The summed E-state index contributed by atoms with van der Waals surface area (Å²) in [5, 5.41) is 3.55. The second kappa shape index (κ2) is 7.27. The van der Waals surface area contributed by atoms with E-state index in [0.717, 1.165) is 23.5 Å². The molecule has 0 saturated carbocycles. The van der Waals surface area contributed by atoms with Crippen LogP contribution in [-0.4, -0.2) is 31.6 Å². The topological polar surface area (TPSA) is 15.3 Å². The van der Waals surface area contributed by atoms with Crippen LogP contribution in [0, 0.1) is 5.92 Å². The zero-order valence-electron chi connectivity index (χ0n) is 11.2. The van der Waals surface area contributed by atoms with Gasteiger partial charge in [-0.3, -0.25) is 0 Å². The lowest BCUT2D eigenvalue weighted by molar-refractivity contribution is 0.211. The summed E-state index contributed by atoms with van der Waals surface area (Å²) < 4.78 is 1.16. The Balaban J connectivity index is 1.61. The molecule has 0 atom stereocenters. The minimum atomic E-state index is 0.927. The number of nitrogens with zero attached hydrogens (tertiary/aromatic N) is 1. The van der Waals surface area contributed by atoms with E-state index in [4.69, 9.17) is 0 Å². The van der Waals surface area contributed by atoms with Gasteiger partial charge in [-0.2, -0.15) is 0 Å². The van der Waals surface area contributed by atoms with Crippen molar-refractivity contribution in [2.24, 2.45) is 5.92 Å². The Morgan fingerprint density at radius 2 is 2.11 bits per heavy atom. The Morgan fingerprint density at radius 3 is 2.83 bits per heavy atom. The summed E-state index contributed by atoms with van der Waals surface area (Å²) >= 11 is 3.51. The van der Waals surface area contributed by atoms with E-state index in [1.54, 1.807) is 0 Å². The van der Waals surface area contributed by atoms with Crippen LogP contribution < -0.4 is 5.32 Å². The van der Waals surface area contributed by atoms with Gasteiger partial charge in [-0.15, -0.1) is 0 Å². The van der Waals surface area contributed by atoms with Gasteiger partial charge in [-0.05, 0) is 69.6 Å². The van der Waals surface area contributed by atoms with Crippen LogP contribution in [0.4, 0.5) is 0 Å². The van der Waals surface area contributed by atoms with Crippen molar-refractivity contribution in [3.63, 3.8) is 0 Å². The summed E-state index contributed by atoms with van der Waals surface area (Å²) in [7, 11) is 2.22. The Hall–Kier alpha value is -0.380. The summed E-state index contributed by atoms with van der Waals surface area (Å²) in [6.45, 7) is 4.67. The molecule has 1 aromatic rings. The minimum absolute atomic E-state index is 0.927. The monoisotopic (exact) mass is 310 g/mol. The zero-order chi connectivity index (χ0) is 12.8. The molecule has 100 valence electrons. The maximum atomic E-state index is 3.55. The number of nitrogens with one attached hydrogen (secondary N) is 1. The van der Waals surface area contributed by atoms with Gasteiger partial charge in [0.1, 0.15) is 0 Å². The van der Waals surface area contributed by atoms with Crippen molar-refractivity contribution in [2.75, 3.05) is 26.7 Å². The smallest absolute Gasteiger partial charge is 0.0205 e. The van der Waals surface area contributed by atoms with Gasteiger partial charge in [0.05, 0.1) is 0 Å². The standard InChI is InChI=1S/C15H23BrN2/c1-18-9-6-13(7-10-18)5-8-17-12-14-3-2-4-15(16)11-14/h2-4,11,13,17H,5-10,12H2,1H3. The van der Waals surface area contributed by atoms with Crippen molar-refractivity contribution in [1.29, 1.82) is 0 Å². The number of benzene rings is 1. The molecule has 1 saturated heterocycles. The third-order valence-electron chi connectivity index (χ3n) is 3.79. The largest absolute Gasteiger partial charge is 0.313 e. The Labute approximate surface area is 119 Å². The van der Waals surface area contributed by atoms with E-state index in [-0.39, 0.29) is 0 Å². The molecule has 2 nitrogen and oxygen atoms in total. The lowest BCUT2D eigenvalue weighted by atomic mass is 9.94. The van der Waals surface area contributed by atoms with Crippen molar-refractivity contribution >= 4 is 15.9 Å². The zero-order valence-corrected chi connectivity index (χ0v) is 12.7. The summed E-state index contributed by atoms with van der Waals surface area (Å²) in [6, 6.07) is 8.52. The SMILES string of the molecule is CN1CCC(CCNCc2cccc(Br)c2)CC1. The number of rotatable bonds is 5. The molecular formula is C15H23BrN2. The number of halogens is 1. The maximum absolute atomic E-state index is 3.55. The van der Waals surface area contributed by atoms with Crippen molar-refractivity contribution in [3.8, 4) is 0 Å². The summed E-state index contributed by atoms with van der Waals surface area (Å²) in [5.74, 6) is 0.927. The van der Waals surface area contributed by atoms with Crippen LogP contribution in [-0.2, 0) is 6.54 Å². The molecule has 2 rings (SSSR count). The first-order valence-electron chi connectivity index (χ1n) is 6.88. The van der Waals surface area contributed by atoms with Gasteiger partial charge in [0, 0.05) is 11.0 Å². The van der Waals surface area contributed by atoms with Gasteiger partial charge in [0.15, 0.2) is 0 Å². The minimum Gasteiger partial charge on any atom is -0.313 e. The normalized spacial score (nSPS) is 18.1. The average Bonchev–Trinajstić information content (AvgIpc) is 2.37. The van der Waals surface area contributed by atoms with E-state index >= 15 is 0 Å². The van der Waals surface area contributed by atoms with Crippen molar-refractivity contribution in [2.45, 2.75) is 25.8 Å². The van der Waals surface area contributed by atoms with E-state index in [9.17, 15) is 0 Å². The molecule has 0 radical (unpaired) electrons. The van der Waals surface area contributed by atoms with Crippen LogP contribution in [0.1, 0.15) is 24.8 Å². The fourth-order valence-electron chi connectivity index (χ4n) is 2.54. The summed E-state index contributed by atoms with van der Waals surface area (Å²) in [4.78, 5) is 2.44. The first-order valence-corrected chi connectivity index (χ1v) is 7.67. The third-order valence-corrected chi connectivity index (χ3v) is 4.28. The third kappa shape index (κ3) is 4.71. The molecule has 0 amide bonds. The fourth-order valence-corrected chi connectivity index (χ4v) is 2.98. The molecule has 1 fully saturated rings. The van der Waals surface area contributed by atoms with E-state index in [0.29, 0.717) is 0 Å². The predicted octanol–water partition coefficient (Wildman–Crippen LogP) is 3.27. The number of piperidine rings is 1. The molecule has 0 spiro atoms. The van der Waals surface area contributed by atoms with Gasteiger partial charge in [-0.25, -0.2) is 0 Å². The Bertz CT molecular complexity index is 359. The first-order chi connectivity index (χ1) is 8.74. The molecular weight excluding hydrogens is 288 g/mol. The van der Waals surface area contributed by atoms with Crippen LogP contribution in [0.3, 0.4) is 0 Å². The quantitative estimate of drug-likeness (QED) is 0.840. The fraction of sp³-hybridized carbons (Fsp3) is 0.600. The lowest BCUT2D eigenvalue weighted by Crippen LogP contribution is -2.31. The molecule has 1 aromatic carbocycles. The number of likely N-dealkylation sites (tertiary alicyclic amines) is 1. The molecule has 0 bridgehead atoms. The van der Waals surface area contributed by atoms with Gasteiger partial charge < -0.3 is 10.2 Å². The summed E-state index contributed by atoms with van der Waals surface area (Å²) in [5.41, 5.74) is 1.35. The number of hydrogen-bond acceptors (Lipinski definition) is 2. The molecule has 18 heavy (non-hydrogen) atoms. The van der Waals surface area contributed by atoms with Crippen LogP contribution >= 0.6 is 15.9 Å². The summed E-state index contributed by atoms with van der Waals surface area (Å²) in [6.07, 6.45) is 4.06. The first kappa shape index (κ1) is 14.0. The van der Waals surface area contributed by atoms with Gasteiger partial charge in [0.25, 0.3) is 0 Å². The second-order valence-electron chi connectivity index (χ2n) is 5.34. The van der Waals surface area contributed by atoms with E-state index in [2.05, 4.69) is 57.5 Å². The highest BCUT2D eigenvalue weighted by Gasteiger charge is 2.15. The highest BCUT2D eigenvalue weighted by molar-refractivity contribution is 9.10. The highest BCUT2D eigenvalue weighted by Crippen LogP contribution is 2.18. The van der Waals surface area contributed by atoms with E-state index < -0.39 is 0 Å². The Morgan fingerprint density at radius 1 is 1.33 bits per heavy atom. The second-order valence-corrected chi connectivity index (χ2v) is 6.26. The average molecular weight is 311 g/mol. The van der Waals surface area contributed by atoms with Gasteiger partial charge >= 0.3 is 0 Å². The van der Waals surface area contributed by atoms with Gasteiger partial charge in [-0.1, -0.05) is 28.1 Å². The van der Waals surface area contributed by atoms with Gasteiger partial charge in [0.2, 0.25) is 0 Å². The van der Waals surface area contributed by atoms with E-state index in [1.807, 2.05) is 0 Å². The van der Waals surface area contributed by atoms with Crippen molar-refractivity contribution in [3.05, 3.63) is 34.3 Å². The molecule has 0 aromatic heterocycles. The molecule has 0 unspecified atom stereocenters. The molecule has 3 heteroatoms. The molecule has 0 aliphatic carbocycles. The Kier molecular flexibility index (Phi) is 5.67. The maximum Gasteiger partial charge on any atom is 0.0205 e. The predicted molar refractivity (Wildman–Crippen MR) is 80.7 cm³/mol. The lowest BCUT2D eigenvalue weighted by Gasteiger charge is -2.28. The molecule has 1 aliphatic heterocycles. The van der Waals surface area contributed by atoms with E-state index in [1.165, 1.54) is 37.9 Å². The molecule has 1 aliphatic rings. The highest BCUT2D eigenvalue weighted by atomic mass is 79.9. The molecule has 1 heterocycles. The number of hydrogen-bond donors (Lipinski definition) is 1. The van der Waals surface area contributed by atoms with Crippen LogP contribution in [0.5, 0.6) is 0 Å². The van der Waals surface area contributed by atoms with Crippen LogP contribution in [0.25, 0.3) is 0 Å². The van der Waals surface area contributed by atoms with Crippen LogP contribution in [0.15, 0.2) is 28.7 Å². The molecule has 1 N–H and O–H groups in total. The van der Waals surface area contributed by atoms with Crippen molar-refractivity contribution in [1.82, 2.24) is 10.2 Å². The van der Waals surface area contributed by atoms with Crippen LogP contribution in [0.2, 0.25) is 0 Å². The van der Waals surface area contributed by atoms with Crippen molar-refractivity contribution < 1.29 is 0 Å².